The first-order valence-corrected chi connectivity index (χ1v) is 7.15. The predicted molar refractivity (Wildman–Crippen MR) is 75.2 cm³/mol. The van der Waals surface area contributed by atoms with Gasteiger partial charge in [-0.1, -0.05) is 18.2 Å². The zero-order valence-electron chi connectivity index (χ0n) is 12.2. The Hall–Kier alpha value is -2.09. The number of carbonyl (C=O) groups excluding carboxylic acids is 2. The fourth-order valence-corrected chi connectivity index (χ4v) is 2.38. The van der Waals surface area contributed by atoms with Crippen LogP contribution in [0.15, 0.2) is 24.3 Å². The largest absolute Gasteiger partial charge is 0.416 e. The average molecular weight is 330 g/mol. The van der Waals surface area contributed by atoms with Crippen molar-refractivity contribution in [3.05, 3.63) is 35.4 Å². The van der Waals surface area contributed by atoms with E-state index in [-0.39, 0.29) is 12.0 Å². The topological polar surface area (TPSA) is 81.4 Å². The molecule has 2 atom stereocenters. The number of benzene rings is 1. The third-order valence-corrected chi connectivity index (χ3v) is 3.58. The first-order chi connectivity index (χ1) is 10.8. The molecule has 0 spiro atoms. The number of hydrogen-bond acceptors (Lipinski definition) is 3. The number of ether oxygens (including phenoxy) is 1. The Kier molecular flexibility index (Phi) is 5.25. The van der Waals surface area contributed by atoms with Gasteiger partial charge in [0.2, 0.25) is 11.8 Å². The Morgan fingerprint density at radius 3 is 2.70 bits per heavy atom. The number of nitrogens with one attached hydrogen (secondary N) is 1. The molecule has 1 fully saturated rings. The monoisotopic (exact) mass is 330 g/mol. The minimum Gasteiger partial charge on any atom is -0.368 e. The molecule has 1 aromatic carbocycles. The SMILES string of the molecule is NC(=O)[C@H](Cc1cccc(C(F)(F)F)c1)NC(=O)[C@H]1CCCO1. The van der Waals surface area contributed by atoms with E-state index in [4.69, 9.17) is 10.5 Å². The summed E-state index contributed by atoms with van der Waals surface area (Å²) in [5.74, 6) is -1.29. The van der Waals surface area contributed by atoms with Crippen molar-refractivity contribution < 1.29 is 27.5 Å². The fourth-order valence-electron chi connectivity index (χ4n) is 2.38. The average Bonchev–Trinajstić information content (AvgIpc) is 3.00. The molecule has 1 saturated heterocycles. The van der Waals surface area contributed by atoms with Crippen LogP contribution in [-0.4, -0.2) is 30.6 Å². The van der Waals surface area contributed by atoms with E-state index >= 15 is 0 Å². The van der Waals surface area contributed by atoms with Gasteiger partial charge in [0.25, 0.3) is 0 Å². The number of amides is 2. The Labute approximate surface area is 131 Å². The standard InChI is InChI=1S/C15H17F3N2O3/c16-15(17,18)10-4-1-3-9(7-10)8-11(13(19)21)20-14(22)12-5-2-6-23-12/h1,3-4,7,11-12H,2,5-6,8H2,(H2,19,21)(H,20,22)/t11-,12+/m0/s1. The highest BCUT2D eigenvalue weighted by Gasteiger charge is 2.31. The minimum absolute atomic E-state index is 0.113. The lowest BCUT2D eigenvalue weighted by Gasteiger charge is -2.18. The van der Waals surface area contributed by atoms with Gasteiger partial charge in [0, 0.05) is 13.0 Å². The quantitative estimate of drug-likeness (QED) is 0.856. The van der Waals surface area contributed by atoms with E-state index in [0.29, 0.717) is 13.0 Å². The molecule has 1 aliphatic heterocycles. The molecular formula is C15H17F3N2O3. The summed E-state index contributed by atoms with van der Waals surface area (Å²) in [7, 11) is 0. The first kappa shape index (κ1) is 17.3. The van der Waals surface area contributed by atoms with Crippen LogP contribution in [-0.2, 0) is 26.9 Å². The van der Waals surface area contributed by atoms with Crippen LogP contribution in [0.25, 0.3) is 0 Å². The van der Waals surface area contributed by atoms with Gasteiger partial charge in [0.05, 0.1) is 5.56 Å². The van der Waals surface area contributed by atoms with E-state index in [0.717, 1.165) is 18.6 Å². The number of alkyl halides is 3. The van der Waals surface area contributed by atoms with Crippen molar-refractivity contribution in [3.8, 4) is 0 Å². The molecule has 126 valence electrons. The molecule has 8 heteroatoms. The maximum Gasteiger partial charge on any atom is 0.416 e. The molecule has 5 nitrogen and oxygen atoms in total. The summed E-state index contributed by atoms with van der Waals surface area (Å²) in [5.41, 5.74) is 4.68. The van der Waals surface area contributed by atoms with Crippen molar-refractivity contribution in [1.29, 1.82) is 0 Å². The molecule has 1 aromatic rings. The third-order valence-electron chi connectivity index (χ3n) is 3.58. The molecule has 0 radical (unpaired) electrons. The summed E-state index contributed by atoms with van der Waals surface area (Å²) in [4.78, 5) is 23.4. The maximum atomic E-state index is 12.7. The number of halogens is 3. The van der Waals surface area contributed by atoms with E-state index in [2.05, 4.69) is 5.32 Å². The zero-order chi connectivity index (χ0) is 17.0. The molecule has 2 amide bonds. The predicted octanol–water partition coefficient (Wildman–Crippen LogP) is 1.40. The number of rotatable bonds is 5. The van der Waals surface area contributed by atoms with Gasteiger partial charge in [-0.2, -0.15) is 13.2 Å². The molecule has 3 N–H and O–H groups in total. The molecule has 0 aliphatic carbocycles. The van der Waals surface area contributed by atoms with Gasteiger partial charge in [-0.15, -0.1) is 0 Å². The molecular weight excluding hydrogens is 313 g/mol. The molecule has 0 aromatic heterocycles. The summed E-state index contributed by atoms with van der Waals surface area (Å²) in [6, 6.07) is 3.49. The summed E-state index contributed by atoms with van der Waals surface area (Å²) in [6.07, 6.45) is -3.94. The Morgan fingerprint density at radius 1 is 1.39 bits per heavy atom. The zero-order valence-corrected chi connectivity index (χ0v) is 12.2. The Morgan fingerprint density at radius 2 is 2.13 bits per heavy atom. The van der Waals surface area contributed by atoms with Crippen molar-refractivity contribution in [2.75, 3.05) is 6.61 Å². The first-order valence-electron chi connectivity index (χ1n) is 7.15. The van der Waals surface area contributed by atoms with E-state index in [9.17, 15) is 22.8 Å². The van der Waals surface area contributed by atoms with Gasteiger partial charge in [-0.25, -0.2) is 0 Å². The van der Waals surface area contributed by atoms with Crippen LogP contribution in [0.2, 0.25) is 0 Å². The number of primary amides is 1. The van der Waals surface area contributed by atoms with Crippen molar-refractivity contribution in [2.45, 2.75) is 37.6 Å². The van der Waals surface area contributed by atoms with Crippen molar-refractivity contribution in [1.82, 2.24) is 5.32 Å². The van der Waals surface area contributed by atoms with Crippen LogP contribution in [0.1, 0.15) is 24.0 Å². The lowest BCUT2D eigenvalue weighted by atomic mass is 10.0. The van der Waals surface area contributed by atoms with E-state index in [1.54, 1.807) is 0 Å². The minimum atomic E-state index is -4.47. The smallest absolute Gasteiger partial charge is 0.368 e. The van der Waals surface area contributed by atoms with Gasteiger partial charge in [-0.3, -0.25) is 9.59 Å². The Bertz CT molecular complexity index is 584. The highest BCUT2D eigenvalue weighted by Crippen LogP contribution is 2.29. The molecule has 0 unspecified atom stereocenters. The number of carbonyl (C=O) groups is 2. The number of nitrogens with two attached hydrogens (primary N) is 1. The normalized spacial score (nSPS) is 19.3. The van der Waals surface area contributed by atoms with Crippen LogP contribution in [0, 0.1) is 0 Å². The Balaban J connectivity index is 2.07. The summed E-state index contributed by atoms with van der Waals surface area (Å²) >= 11 is 0. The van der Waals surface area contributed by atoms with E-state index in [1.807, 2.05) is 0 Å². The number of hydrogen-bond donors (Lipinski definition) is 2. The highest BCUT2D eigenvalue weighted by atomic mass is 19.4. The van der Waals surface area contributed by atoms with Crippen molar-refractivity contribution in [2.24, 2.45) is 5.73 Å². The van der Waals surface area contributed by atoms with Gasteiger partial charge >= 0.3 is 6.18 Å². The second-order valence-corrected chi connectivity index (χ2v) is 5.37. The van der Waals surface area contributed by atoms with Crippen LogP contribution >= 0.6 is 0 Å². The van der Waals surface area contributed by atoms with Crippen LogP contribution < -0.4 is 11.1 Å². The van der Waals surface area contributed by atoms with Crippen LogP contribution in [0.4, 0.5) is 13.2 Å². The van der Waals surface area contributed by atoms with Gasteiger partial charge in [0.15, 0.2) is 0 Å². The fraction of sp³-hybridized carbons (Fsp3) is 0.467. The molecule has 0 saturated carbocycles. The second kappa shape index (κ2) is 6.99. The lowest BCUT2D eigenvalue weighted by molar-refractivity contribution is -0.137. The summed E-state index contributed by atoms with van der Waals surface area (Å²) in [5, 5.41) is 2.45. The van der Waals surface area contributed by atoms with Gasteiger partial charge in [0.1, 0.15) is 12.1 Å². The lowest BCUT2D eigenvalue weighted by Crippen LogP contribution is -2.49. The second-order valence-electron chi connectivity index (χ2n) is 5.37. The molecule has 1 heterocycles. The summed E-state index contributed by atoms with van der Waals surface area (Å²) in [6.45, 7) is 0.465. The third kappa shape index (κ3) is 4.69. The highest BCUT2D eigenvalue weighted by molar-refractivity contribution is 5.88. The van der Waals surface area contributed by atoms with Crippen LogP contribution in [0.3, 0.4) is 0 Å². The van der Waals surface area contributed by atoms with Crippen molar-refractivity contribution in [3.63, 3.8) is 0 Å². The molecule has 0 bridgehead atoms. The summed E-state index contributed by atoms with van der Waals surface area (Å²) < 4.78 is 43.3. The maximum absolute atomic E-state index is 12.7. The molecule has 2 rings (SSSR count). The van der Waals surface area contributed by atoms with E-state index in [1.165, 1.54) is 12.1 Å². The van der Waals surface area contributed by atoms with Crippen molar-refractivity contribution >= 4 is 11.8 Å². The van der Waals surface area contributed by atoms with E-state index < -0.39 is 35.7 Å². The van der Waals surface area contributed by atoms with Gasteiger partial charge in [-0.05, 0) is 24.5 Å². The molecule has 23 heavy (non-hydrogen) atoms. The molecule has 1 aliphatic rings. The van der Waals surface area contributed by atoms with Gasteiger partial charge < -0.3 is 15.8 Å². The van der Waals surface area contributed by atoms with Crippen LogP contribution in [0.5, 0.6) is 0 Å².